The zero-order valence-corrected chi connectivity index (χ0v) is 14.6. The van der Waals surface area contributed by atoms with Crippen molar-refractivity contribution in [3.8, 4) is 0 Å². The van der Waals surface area contributed by atoms with Crippen molar-refractivity contribution in [3.05, 3.63) is 53.7 Å². The SMILES string of the molecule is COC(CNC(=O)c1ccnc(N2CCCc3ccccc32)c1)OC. The van der Waals surface area contributed by atoms with E-state index in [9.17, 15) is 4.79 Å². The molecule has 0 fully saturated rings. The van der Waals surface area contributed by atoms with Crippen LogP contribution in [0.25, 0.3) is 0 Å². The lowest BCUT2D eigenvalue weighted by Gasteiger charge is -2.30. The quantitative estimate of drug-likeness (QED) is 0.818. The summed E-state index contributed by atoms with van der Waals surface area (Å²) >= 11 is 0. The number of para-hydroxylation sites is 1. The topological polar surface area (TPSA) is 63.7 Å². The van der Waals surface area contributed by atoms with Crippen LogP contribution >= 0.6 is 0 Å². The fourth-order valence-electron chi connectivity index (χ4n) is 3.02. The number of ether oxygens (including phenoxy) is 2. The fourth-order valence-corrected chi connectivity index (χ4v) is 3.02. The Morgan fingerprint density at radius 2 is 2.08 bits per heavy atom. The Morgan fingerprint density at radius 3 is 2.88 bits per heavy atom. The summed E-state index contributed by atoms with van der Waals surface area (Å²) in [5, 5.41) is 2.81. The summed E-state index contributed by atoms with van der Waals surface area (Å²) in [4.78, 5) is 19.0. The predicted octanol–water partition coefficient (Wildman–Crippen LogP) is 2.51. The first-order valence-corrected chi connectivity index (χ1v) is 8.38. The molecule has 0 radical (unpaired) electrons. The molecule has 0 spiro atoms. The molecule has 2 aromatic rings. The summed E-state index contributed by atoms with van der Waals surface area (Å²) in [6.07, 6.45) is 3.35. The maximum absolute atomic E-state index is 12.4. The summed E-state index contributed by atoms with van der Waals surface area (Å²) in [6, 6.07) is 11.9. The maximum Gasteiger partial charge on any atom is 0.251 e. The number of nitrogens with zero attached hydrogens (tertiary/aromatic N) is 2. The predicted molar refractivity (Wildman–Crippen MR) is 96.1 cm³/mol. The van der Waals surface area contributed by atoms with Crippen LogP contribution in [0.3, 0.4) is 0 Å². The van der Waals surface area contributed by atoms with Crippen molar-refractivity contribution in [2.24, 2.45) is 0 Å². The number of amides is 1. The van der Waals surface area contributed by atoms with E-state index in [0.29, 0.717) is 5.56 Å². The molecular weight excluding hydrogens is 318 g/mol. The number of fused-ring (bicyclic) bond motifs is 1. The first-order valence-electron chi connectivity index (χ1n) is 8.38. The summed E-state index contributed by atoms with van der Waals surface area (Å²) in [5.74, 6) is 0.614. The van der Waals surface area contributed by atoms with E-state index in [-0.39, 0.29) is 12.5 Å². The molecule has 0 atom stereocenters. The number of aromatic nitrogens is 1. The zero-order chi connectivity index (χ0) is 17.6. The molecule has 1 aliphatic heterocycles. The van der Waals surface area contributed by atoms with Crippen LogP contribution < -0.4 is 10.2 Å². The number of hydrogen-bond acceptors (Lipinski definition) is 5. The number of aryl methyl sites for hydroxylation is 1. The normalized spacial score (nSPS) is 13.6. The first-order chi connectivity index (χ1) is 12.2. The molecule has 0 bridgehead atoms. The van der Waals surface area contributed by atoms with Gasteiger partial charge in [-0.25, -0.2) is 4.98 Å². The number of carbonyl (C=O) groups excluding carboxylic acids is 1. The first kappa shape index (κ1) is 17.4. The van der Waals surface area contributed by atoms with Gasteiger partial charge in [0.05, 0.1) is 6.54 Å². The van der Waals surface area contributed by atoms with Gasteiger partial charge in [0.2, 0.25) is 0 Å². The Kier molecular flexibility index (Phi) is 5.63. The lowest BCUT2D eigenvalue weighted by molar-refractivity contribution is -0.0974. The van der Waals surface area contributed by atoms with Crippen molar-refractivity contribution in [2.75, 3.05) is 32.2 Å². The van der Waals surface area contributed by atoms with Crippen LogP contribution in [0.2, 0.25) is 0 Å². The van der Waals surface area contributed by atoms with Crippen molar-refractivity contribution in [1.82, 2.24) is 10.3 Å². The molecule has 1 N–H and O–H groups in total. The van der Waals surface area contributed by atoms with Gasteiger partial charge in [-0.15, -0.1) is 0 Å². The minimum Gasteiger partial charge on any atom is -0.354 e. The second-order valence-corrected chi connectivity index (χ2v) is 5.90. The number of nitrogens with one attached hydrogen (secondary N) is 1. The Balaban J connectivity index is 1.77. The third kappa shape index (κ3) is 3.97. The van der Waals surface area contributed by atoms with Gasteiger partial charge in [-0.1, -0.05) is 18.2 Å². The largest absolute Gasteiger partial charge is 0.354 e. The average Bonchev–Trinajstić information content (AvgIpc) is 2.68. The molecule has 1 aliphatic rings. The fraction of sp³-hybridized carbons (Fsp3) is 0.368. The Bertz CT molecular complexity index is 731. The highest BCUT2D eigenvalue weighted by Crippen LogP contribution is 2.32. The van der Waals surface area contributed by atoms with Crippen molar-refractivity contribution in [2.45, 2.75) is 19.1 Å². The van der Waals surface area contributed by atoms with Crippen LogP contribution in [0, 0.1) is 0 Å². The third-order valence-electron chi connectivity index (χ3n) is 4.35. The van der Waals surface area contributed by atoms with Crippen molar-refractivity contribution in [1.29, 1.82) is 0 Å². The van der Waals surface area contributed by atoms with Gasteiger partial charge in [-0.3, -0.25) is 4.79 Å². The summed E-state index contributed by atoms with van der Waals surface area (Å²) < 4.78 is 10.2. The Hall–Kier alpha value is -2.44. The number of rotatable bonds is 6. The van der Waals surface area contributed by atoms with Crippen molar-refractivity contribution >= 4 is 17.4 Å². The number of benzene rings is 1. The second-order valence-electron chi connectivity index (χ2n) is 5.90. The third-order valence-corrected chi connectivity index (χ3v) is 4.35. The number of carbonyl (C=O) groups is 1. The minimum absolute atomic E-state index is 0.173. The molecule has 6 nitrogen and oxygen atoms in total. The van der Waals surface area contributed by atoms with E-state index >= 15 is 0 Å². The minimum atomic E-state index is -0.459. The van der Waals surface area contributed by atoms with Crippen LogP contribution in [0.1, 0.15) is 22.3 Å². The second kappa shape index (κ2) is 8.09. The van der Waals surface area contributed by atoms with Gasteiger partial charge in [0, 0.05) is 38.2 Å². The van der Waals surface area contributed by atoms with E-state index in [0.717, 1.165) is 30.9 Å². The molecule has 1 aromatic heterocycles. The molecular formula is C19H23N3O3. The Morgan fingerprint density at radius 1 is 1.28 bits per heavy atom. The van der Waals surface area contributed by atoms with Crippen molar-refractivity contribution < 1.29 is 14.3 Å². The lowest BCUT2D eigenvalue weighted by atomic mass is 10.0. The van der Waals surface area contributed by atoms with Gasteiger partial charge in [0.1, 0.15) is 5.82 Å². The molecule has 1 amide bonds. The molecule has 0 unspecified atom stereocenters. The van der Waals surface area contributed by atoms with E-state index in [4.69, 9.17) is 9.47 Å². The van der Waals surface area contributed by atoms with Crippen LogP contribution in [0.5, 0.6) is 0 Å². The summed E-state index contributed by atoms with van der Waals surface area (Å²) in [7, 11) is 3.08. The van der Waals surface area contributed by atoms with E-state index in [1.807, 2.05) is 12.1 Å². The standard InChI is InChI=1S/C19H23N3O3/c1-24-18(25-2)13-21-19(23)15-9-10-20-17(12-15)22-11-5-7-14-6-3-4-8-16(14)22/h3-4,6,8-10,12,18H,5,7,11,13H2,1-2H3,(H,21,23). The Labute approximate surface area is 147 Å². The monoisotopic (exact) mass is 341 g/mol. The van der Waals surface area contributed by atoms with E-state index in [1.165, 1.54) is 5.56 Å². The van der Waals surface area contributed by atoms with Crippen LogP contribution in [-0.4, -0.2) is 44.5 Å². The van der Waals surface area contributed by atoms with E-state index < -0.39 is 6.29 Å². The molecule has 0 aliphatic carbocycles. The lowest BCUT2D eigenvalue weighted by Crippen LogP contribution is -2.34. The summed E-state index contributed by atoms with van der Waals surface area (Å²) in [5.41, 5.74) is 3.05. The number of hydrogen-bond donors (Lipinski definition) is 1. The number of pyridine rings is 1. The van der Waals surface area contributed by atoms with Crippen LogP contribution in [-0.2, 0) is 15.9 Å². The van der Waals surface area contributed by atoms with Gasteiger partial charge in [0.15, 0.2) is 6.29 Å². The number of methoxy groups -OCH3 is 2. The highest BCUT2D eigenvalue weighted by atomic mass is 16.7. The molecule has 132 valence electrons. The molecule has 1 aromatic carbocycles. The zero-order valence-electron chi connectivity index (χ0n) is 14.6. The molecule has 0 saturated carbocycles. The smallest absolute Gasteiger partial charge is 0.251 e. The van der Waals surface area contributed by atoms with E-state index in [1.54, 1.807) is 26.5 Å². The molecule has 25 heavy (non-hydrogen) atoms. The highest BCUT2D eigenvalue weighted by Gasteiger charge is 2.19. The van der Waals surface area contributed by atoms with E-state index in [2.05, 4.69) is 33.4 Å². The molecule has 0 saturated heterocycles. The highest BCUT2D eigenvalue weighted by molar-refractivity contribution is 5.95. The number of anilines is 2. The van der Waals surface area contributed by atoms with Gasteiger partial charge >= 0.3 is 0 Å². The van der Waals surface area contributed by atoms with Gasteiger partial charge < -0.3 is 19.7 Å². The average molecular weight is 341 g/mol. The maximum atomic E-state index is 12.4. The summed E-state index contributed by atoms with van der Waals surface area (Å²) in [6.45, 7) is 1.18. The van der Waals surface area contributed by atoms with Crippen LogP contribution in [0.4, 0.5) is 11.5 Å². The van der Waals surface area contributed by atoms with Gasteiger partial charge in [-0.2, -0.15) is 0 Å². The van der Waals surface area contributed by atoms with Gasteiger partial charge in [0.25, 0.3) is 5.91 Å². The molecule has 6 heteroatoms. The molecule has 3 rings (SSSR count). The molecule has 2 heterocycles. The van der Waals surface area contributed by atoms with Crippen molar-refractivity contribution in [3.63, 3.8) is 0 Å². The van der Waals surface area contributed by atoms with Gasteiger partial charge in [-0.05, 0) is 36.6 Å². The van der Waals surface area contributed by atoms with Crippen LogP contribution in [0.15, 0.2) is 42.6 Å².